The first-order valence-corrected chi connectivity index (χ1v) is 29.1. The van der Waals surface area contributed by atoms with Gasteiger partial charge in [-0.1, -0.05) is 181 Å². The van der Waals surface area contributed by atoms with Crippen LogP contribution in [-0.2, 0) is 27.1 Å². The summed E-state index contributed by atoms with van der Waals surface area (Å²) >= 11 is 0. The molecule has 0 spiro atoms. The molecule has 9 aromatic rings. The molecule has 9 aromatic carbocycles. The van der Waals surface area contributed by atoms with Crippen molar-refractivity contribution in [3.63, 3.8) is 0 Å². The highest BCUT2D eigenvalue weighted by molar-refractivity contribution is 6.93. The molecule has 0 saturated carbocycles. The van der Waals surface area contributed by atoms with Gasteiger partial charge in [-0.15, -0.1) is 0 Å². The molecule has 12 rings (SSSR count). The Morgan fingerprint density at radius 1 is 0.430 bits per heavy atom. The standard InChI is InChI=1S/C75H80BN3/c1-47-20-19-21-48(2)69(47)52-42-61-60-41-50-22-17-18-23-51(50)43-66(60)79(58-34-28-55(29-35-58)73(10,11)12)76-64-37-36-59(77(56-30-24-53(25-31-56)71(4,5)6)57-32-26-54(27-33-57)72(7,8)9)45-67(64)78(68(44-52)70(61)76)65-46-63-62(40-49(65)3)74(13,14)38-39-75(63,15)16/h17-37,40-46H,38-39H2,1-16H3. The molecule has 0 fully saturated rings. The predicted octanol–water partition coefficient (Wildman–Crippen LogP) is 19.9. The van der Waals surface area contributed by atoms with E-state index in [1.165, 1.54) is 123 Å². The molecule has 0 bridgehead atoms. The topological polar surface area (TPSA) is 9.72 Å². The second kappa shape index (κ2) is 18.4. The zero-order valence-corrected chi connectivity index (χ0v) is 50.0. The lowest BCUT2D eigenvalue weighted by atomic mass is 9.43. The van der Waals surface area contributed by atoms with Gasteiger partial charge in [0.25, 0.3) is 0 Å². The molecule has 4 heteroatoms. The van der Waals surface area contributed by atoms with E-state index in [1.54, 1.807) is 0 Å². The molecule has 0 radical (unpaired) electrons. The molecule has 1 aliphatic carbocycles. The van der Waals surface area contributed by atoms with Crippen LogP contribution in [0.1, 0.15) is 147 Å². The van der Waals surface area contributed by atoms with Crippen LogP contribution in [0.5, 0.6) is 0 Å². The van der Waals surface area contributed by atoms with E-state index in [1.807, 2.05) is 0 Å². The van der Waals surface area contributed by atoms with Crippen molar-refractivity contribution in [3.8, 4) is 22.3 Å². The van der Waals surface area contributed by atoms with Gasteiger partial charge in [-0.3, -0.25) is 0 Å². The van der Waals surface area contributed by atoms with Gasteiger partial charge in [-0.05, 0) is 222 Å². The number of nitrogens with zero attached hydrogens (tertiary/aromatic N) is 3. The highest BCUT2D eigenvalue weighted by Gasteiger charge is 2.47. The average molecular weight is 1030 g/mol. The fourth-order valence-electron chi connectivity index (χ4n) is 13.5. The third-order valence-electron chi connectivity index (χ3n) is 18.3. The number of rotatable bonds is 6. The van der Waals surface area contributed by atoms with Crippen LogP contribution in [-0.4, -0.2) is 6.85 Å². The molecular weight excluding hydrogens is 954 g/mol. The zero-order chi connectivity index (χ0) is 55.9. The van der Waals surface area contributed by atoms with Crippen molar-refractivity contribution in [1.29, 1.82) is 0 Å². The second-order valence-corrected chi connectivity index (χ2v) is 28.0. The maximum Gasteiger partial charge on any atom is 0.333 e. The third-order valence-corrected chi connectivity index (χ3v) is 18.3. The van der Waals surface area contributed by atoms with Crippen LogP contribution in [0.4, 0.5) is 45.5 Å². The van der Waals surface area contributed by atoms with Crippen LogP contribution < -0.4 is 25.5 Å². The van der Waals surface area contributed by atoms with Gasteiger partial charge in [0.2, 0.25) is 0 Å². The fourth-order valence-corrected chi connectivity index (χ4v) is 13.5. The molecule has 3 aliphatic rings. The third kappa shape index (κ3) is 8.89. The van der Waals surface area contributed by atoms with Crippen molar-refractivity contribution in [1.82, 2.24) is 0 Å². The van der Waals surface area contributed by atoms with Gasteiger partial charge in [-0.2, -0.15) is 0 Å². The SMILES string of the molecule is Cc1cc2c(cc1N1c3cc(N(c4ccc(C(C)(C)C)cc4)c4ccc(C(C)(C)C)cc4)ccc3B3c4c(cc(-c5c(C)cccc5C)cc41)-c1cc4ccccc4cc1N3c1ccc(C(C)(C)C)cc1)C(C)(C)CCC2(C)C. The number of hydrogen-bond acceptors (Lipinski definition) is 3. The highest BCUT2D eigenvalue weighted by atomic mass is 15.2. The lowest BCUT2D eigenvalue weighted by Gasteiger charge is -2.47. The van der Waals surface area contributed by atoms with E-state index in [9.17, 15) is 0 Å². The monoisotopic (exact) mass is 1030 g/mol. The summed E-state index contributed by atoms with van der Waals surface area (Å²) in [5, 5.41) is 2.48. The van der Waals surface area contributed by atoms with E-state index in [4.69, 9.17) is 0 Å². The van der Waals surface area contributed by atoms with E-state index in [0.717, 1.165) is 23.5 Å². The van der Waals surface area contributed by atoms with Crippen molar-refractivity contribution >= 4 is 74.0 Å². The predicted molar refractivity (Wildman–Crippen MR) is 343 cm³/mol. The molecule has 398 valence electrons. The Hall–Kier alpha value is -7.30. The summed E-state index contributed by atoms with van der Waals surface area (Å²) in [7, 11) is 0. The van der Waals surface area contributed by atoms with Gasteiger partial charge < -0.3 is 14.6 Å². The van der Waals surface area contributed by atoms with Crippen LogP contribution in [0.3, 0.4) is 0 Å². The lowest BCUT2D eigenvalue weighted by molar-refractivity contribution is 0.332. The Balaban J connectivity index is 1.21. The van der Waals surface area contributed by atoms with Gasteiger partial charge in [0.05, 0.1) is 0 Å². The number of hydrogen-bond donors (Lipinski definition) is 0. The largest absolute Gasteiger partial charge is 0.376 e. The van der Waals surface area contributed by atoms with Gasteiger partial charge in [0, 0.05) is 51.1 Å². The number of aryl methyl sites for hydroxylation is 3. The van der Waals surface area contributed by atoms with Crippen molar-refractivity contribution in [2.24, 2.45) is 0 Å². The highest BCUT2D eigenvalue weighted by Crippen LogP contribution is 2.54. The fraction of sp³-hybridized carbons (Fsp3) is 0.307. The number of anilines is 8. The molecule has 3 nitrogen and oxygen atoms in total. The van der Waals surface area contributed by atoms with Crippen LogP contribution in [0.2, 0.25) is 0 Å². The Kier molecular flexibility index (Phi) is 12.2. The normalized spacial score (nSPS) is 15.4. The summed E-state index contributed by atoms with van der Waals surface area (Å²) in [6, 6.07) is 66.5. The van der Waals surface area contributed by atoms with Crippen molar-refractivity contribution < 1.29 is 0 Å². The van der Waals surface area contributed by atoms with E-state index in [0.29, 0.717) is 0 Å². The minimum atomic E-state index is -0.162. The number of fused-ring (bicyclic) bond motifs is 6. The van der Waals surface area contributed by atoms with Crippen LogP contribution >= 0.6 is 0 Å². The summed E-state index contributed by atoms with van der Waals surface area (Å²) < 4.78 is 0. The summed E-state index contributed by atoms with van der Waals surface area (Å²) in [6.45, 7) is 37.4. The summed E-state index contributed by atoms with van der Waals surface area (Å²) in [6.07, 6.45) is 2.30. The first kappa shape index (κ1) is 52.4. The van der Waals surface area contributed by atoms with Crippen LogP contribution in [0, 0.1) is 20.8 Å². The Bertz CT molecular complexity index is 3800. The first-order valence-electron chi connectivity index (χ1n) is 29.1. The molecule has 2 heterocycles. The molecule has 0 amide bonds. The molecule has 0 unspecified atom stereocenters. The first-order chi connectivity index (χ1) is 37.3. The molecule has 0 saturated heterocycles. The van der Waals surface area contributed by atoms with E-state index < -0.39 is 0 Å². The number of benzene rings is 9. The molecule has 0 N–H and O–H groups in total. The molecule has 0 atom stereocenters. The van der Waals surface area contributed by atoms with Crippen LogP contribution in [0.15, 0.2) is 170 Å². The smallest absolute Gasteiger partial charge is 0.333 e. The Labute approximate surface area is 473 Å². The van der Waals surface area contributed by atoms with Crippen LogP contribution in [0.25, 0.3) is 33.0 Å². The Morgan fingerprint density at radius 3 is 1.48 bits per heavy atom. The van der Waals surface area contributed by atoms with E-state index >= 15 is 0 Å². The van der Waals surface area contributed by atoms with Crippen molar-refractivity contribution in [2.45, 2.75) is 151 Å². The zero-order valence-electron chi connectivity index (χ0n) is 50.0. The van der Waals surface area contributed by atoms with Crippen molar-refractivity contribution in [3.05, 3.63) is 214 Å². The lowest BCUT2D eigenvalue weighted by Crippen LogP contribution is -2.61. The van der Waals surface area contributed by atoms with Gasteiger partial charge in [0.15, 0.2) is 0 Å². The summed E-state index contributed by atoms with van der Waals surface area (Å²) in [5.41, 5.74) is 28.0. The minimum absolute atomic E-state index is 0.00108. The van der Waals surface area contributed by atoms with E-state index in [2.05, 4.69) is 295 Å². The summed E-state index contributed by atoms with van der Waals surface area (Å²) in [4.78, 5) is 7.88. The van der Waals surface area contributed by atoms with Gasteiger partial charge in [-0.25, -0.2) is 0 Å². The average Bonchev–Trinajstić information content (AvgIpc) is 2.33. The Morgan fingerprint density at radius 2 is 0.937 bits per heavy atom. The van der Waals surface area contributed by atoms with Gasteiger partial charge in [0.1, 0.15) is 0 Å². The second-order valence-electron chi connectivity index (χ2n) is 28.0. The summed E-state index contributed by atoms with van der Waals surface area (Å²) in [5.74, 6) is 0. The van der Waals surface area contributed by atoms with Gasteiger partial charge >= 0.3 is 6.85 Å². The maximum atomic E-state index is 2.70. The molecular formula is C75H80BN3. The maximum absolute atomic E-state index is 2.70. The van der Waals surface area contributed by atoms with Crippen molar-refractivity contribution in [2.75, 3.05) is 14.6 Å². The quantitative estimate of drug-likeness (QED) is 0.154. The van der Waals surface area contributed by atoms with E-state index in [-0.39, 0.29) is 33.9 Å². The molecule has 0 aromatic heterocycles. The molecule has 2 aliphatic heterocycles. The minimum Gasteiger partial charge on any atom is -0.376 e. The molecule has 79 heavy (non-hydrogen) atoms.